The molecule has 13 heteroatoms. The number of benzene rings is 1. The van der Waals surface area contributed by atoms with Crippen molar-refractivity contribution in [1.29, 1.82) is 0 Å². The minimum absolute atomic E-state index is 0.0593. The summed E-state index contributed by atoms with van der Waals surface area (Å²) in [4.78, 5) is 14.4. The number of aromatic nitrogens is 1. The highest BCUT2D eigenvalue weighted by Crippen LogP contribution is 2.41. The average Bonchev–Trinajstić information content (AvgIpc) is 2.84. The second kappa shape index (κ2) is 11.4. The number of ether oxygens (including phenoxy) is 3. The standard InChI is InChI=1S/C24H27F3N2O7S/c1-15(2)10-16-4-6-20-19(11-16)29(14-18(36-20)5-7-22(31)34-3)37(32,33)21-12-17(24(25,26)27)13-28-23(21)35-9-8-30/h4,6,10-13,18,30H,5,7-9,14H2,1-3H3/t18-/m0/s1. The Morgan fingerprint density at radius 2 is 2.03 bits per heavy atom. The van der Waals surface area contributed by atoms with Gasteiger partial charge in [-0.15, -0.1) is 0 Å². The topological polar surface area (TPSA) is 115 Å². The van der Waals surface area contributed by atoms with Gasteiger partial charge in [0.05, 0.1) is 31.5 Å². The number of alkyl halides is 3. The van der Waals surface area contributed by atoms with Gasteiger partial charge in [-0.2, -0.15) is 13.2 Å². The highest BCUT2D eigenvalue weighted by atomic mass is 32.2. The van der Waals surface area contributed by atoms with Crippen molar-refractivity contribution in [3.05, 3.63) is 47.2 Å². The van der Waals surface area contributed by atoms with Crippen LogP contribution >= 0.6 is 0 Å². The van der Waals surface area contributed by atoms with Crippen molar-refractivity contribution < 1.29 is 45.7 Å². The Bertz CT molecular complexity index is 1280. The van der Waals surface area contributed by atoms with Crippen LogP contribution in [0.5, 0.6) is 11.6 Å². The summed E-state index contributed by atoms with van der Waals surface area (Å²) in [5, 5.41) is 9.09. The van der Waals surface area contributed by atoms with Crippen LogP contribution in [0.3, 0.4) is 0 Å². The van der Waals surface area contributed by atoms with Crippen LogP contribution in [0.15, 0.2) is 40.9 Å². The summed E-state index contributed by atoms with van der Waals surface area (Å²) < 4.78 is 84.9. The molecule has 2 aromatic rings. The predicted molar refractivity (Wildman–Crippen MR) is 128 cm³/mol. The number of hydrogen-bond donors (Lipinski definition) is 1. The highest BCUT2D eigenvalue weighted by Gasteiger charge is 2.39. The number of carbonyl (C=O) groups is 1. The minimum Gasteiger partial charge on any atom is -0.486 e. The lowest BCUT2D eigenvalue weighted by Gasteiger charge is -2.36. The van der Waals surface area contributed by atoms with E-state index in [2.05, 4.69) is 9.72 Å². The lowest BCUT2D eigenvalue weighted by Crippen LogP contribution is -2.44. The number of rotatable bonds is 9. The van der Waals surface area contributed by atoms with Crippen molar-refractivity contribution in [2.45, 2.75) is 43.9 Å². The number of nitrogens with zero attached hydrogens (tertiary/aromatic N) is 2. The molecule has 0 spiro atoms. The first-order valence-corrected chi connectivity index (χ1v) is 12.7. The van der Waals surface area contributed by atoms with E-state index in [0.717, 1.165) is 9.88 Å². The lowest BCUT2D eigenvalue weighted by molar-refractivity contribution is -0.141. The number of allylic oxidation sites excluding steroid dienone is 1. The number of anilines is 1. The number of aliphatic hydroxyl groups excluding tert-OH is 1. The van der Waals surface area contributed by atoms with Crippen molar-refractivity contribution in [2.75, 3.05) is 31.2 Å². The summed E-state index contributed by atoms with van der Waals surface area (Å²) in [5.74, 6) is -0.931. The maximum atomic E-state index is 13.9. The molecule has 1 aromatic carbocycles. The van der Waals surface area contributed by atoms with Gasteiger partial charge in [0, 0.05) is 12.6 Å². The Kier molecular flexibility index (Phi) is 8.69. The van der Waals surface area contributed by atoms with Crippen LogP contribution in [0.2, 0.25) is 0 Å². The molecule has 1 aromatic heterocycles. The molecule has 1 N–H and O–H groups in total. The molecule has 202 valence electrons. The molecule has 2 heterocycles. The van der Waals surface area contributed by atoms with Crippen molar-refractivity contribution in [3.63, 3.8) is 0 Å². The van der Waals surface area contributed by atoms with Crippen LogP contribution in [0.1, 0.15) is 37.8 Å². The molecular formula is C24H27F3N2O7S. The van der Waals surface area contributed by atoms with Gasteiger partial charge >= 0.3 is 12.1 Å². The molecule has 1 aliphatic rings. The van der Waals surface area contributed by atoms with Gasteiger partial charge < -0.3 is 19.3 Å². The number of halogens is 3. The lowest BCUT2D eigenvalue weighted by atomic mass is 10.1. The number of fused-ring (bicyclic) bond motifs is 1. The van der Waals surface area contributed by atoms with Crippen LogP contribution < -0.4 is 13.8 Å². The third-order valence-electron chi connectivity index (χ3n) is 5.31. The fraction of sp³-hybridized carbons (Fsp3) is 0.417. The van der Waals surface area contributed by atoms with Crippen molar-refractivity contribution >= 4 is 27.8 Å². The first-order chi connectivity index (χ1) is 17.4. The highest BCUT2D eigenvalue weighted by molar-refractivity contribution is 7.93. The second-order valence-corrected chi connectivity index (χ2v) is 10.3. The molecule has 37 heavy (non-hydrogen) atoms. The van der Waals surface area contributed by atoms with E-state index in [9.17, 15) is 26.4 Å². The number of carbonyl (C=O) groups excluding carboxylic acids is 1. The van der Waals surface area contributed by atoms with Gasteiger partial charge in [0.25, 0.3) is 10.0 Å². The van der Waals surface area contributed by atoms with Gasteiger partial charge in [0.1, 0.15) is 18.5 Å². The Balaban J connectivity index is 2.16. The van der Waals surface area contributed by atoms with E-state index < -0.39 is 51.2 Å². The first kappa shape index (κ1) is 28.3. The predicted octanol–water partition coefficient (Wildman–Crippen LogP) is 3.80. The third-order valence-corrected chi connectivity index (χ3v) is 7.09. The van der Waals surface area contributed by atoms with Crippen LogP contribution in [0.4, 0.5) is 18.9 Å². The van der Waals surface area contributed by atoms with E-state index in [1.54, 1.807) is 24.3 Å². The van der Waals surface area contributed by atoms with Gasteiger partial charge in [-0.1, -0.05) is 17.7 Å². The molecule has 0 saturated heterocycles. The van der Waals surface area contributed by atoms with Crippen molar-refractivity contribution in [3.8, 4) is 11.6 Å². The van der Waals surface area contributed by atoms with Crippen LogP contribution in [-0.4, -0.2) is 57.4 Å². The normalized spacial score (nSPS) is 15.4. The van der Waals surface area contributed by atoms with Crippen LogP contribution in [0, 0.1) is 0 Å². The zero-order valence-corrected chi connectivity index (χ0v) is 21.2. The van der Waals surface area contributed by atoms with Crippen LogP contribution in [0.25, 0.3) is 6.08 Å². The molecule has 1 atom stereocenters. The van der Waals surface area contributed by atoms with Gasteiger partial charge in [-0.3, -0.25) is 9.10 Å². The number of methoxy groups -OCH3 is 1. The Morgan fingerprint density at radius 1 is 1.30 bits per heavy atom. The van der Waals surface area contributed by atoms with Crippen molar-refractivity contribution in [2.24, 2.45) is 0 Å². The molecule has 0 saturated carbocycles. The number of sulfonamides is 1. The number of pyridine rings is 1. The number of hydrogen-bond acceptors (Lipinski definition) is 8. The minimum atomic E-state index is -4.87. The fourth-order valence-electron chi connectivity index (χ4n) is 3.65. The molecule has 0 aliphatic carbocycles. The van der Waals surface area contributed by atoms with Crippen LogP contribution in [-0.2, 0) is 25.7 Å². The maximum Gasteiger partial charge on any atom is 0.417 e. The van der Waals surface area contributed by atoms with Gasteiger partial charge in [0.15, 0.2) is 4.90 Å². The summed E-state index contributed by atoms with van der Waals surface area (Å²) >= 11 is 0. The molecule has 0 unspecified atom stereocenters. The number of aliphatic hydroxyl groups is 1. The van der Waals surface area contributed by atoms with E-state index in [1.807, 2.05) is 13.8 Å². The van der Waals surface area contributed by atoms with Crippen molar-refractivity contribution in [1.82, 2.24) is 4.98 Å². The summed E-state index contributed by atoms with van der Waals surface area (Å²) in [6, 6.07) is 5.27. The van der Waals surface area contributed by atoms with E-state index in [1.165, 1.54) is 7.11 Å². The zero-order chi connectivity index (χ0) is 27.4. The maximum absolute atomic E-state index is 13.9. The van der Waals surface area contributed by atoms with E-state index in [4.69, 9.17) is 14.6 Å². The molecule has 3 rings (SSSR count). The Labute approximate surface area is 212 Å². The first-order valence-electron chi connectivity index (χ1n) is 11.2. The summed E-state index contributed by atoms with van der Waals surface area (Å²) in [6.07, 6.45) is -3.36. The zero-order valence-electron chi connectivity index (χ0n) is 20.4. The summed E-state index contributed by atoms with van der Waals surface area (Å²) in [7, 11) is -3.48. The number of esters is 1. The SMILES string of the molecule is COC(=O)CC[C@H]1CN(S(=O)(=O)c2cc(C(F)(F)F)cnc2OCCO)c2cc(C=C(C)C)ccc2O1. The van der Waals surface area contributed by atoms with E-state index in [-0.39, 0.29) is 37.4 Å². The average molecular weight is 545 g/mol. The third kappa shape index (κ3) is 6.72. The summed E-state index contributed by atoms with van der Waals surface area (Å²) in [6.45, 7) is 2.52. The molecule has 0 fully saturated rings. The monoisotopic (exact) mass is 544 g/mol. The molecule has 0 bridgehead atoms. The van der Waals surface area contributed by atoms with E-state index in [0.29, 0.717) is 17.8 Å². The smallest absolute Gasteiger partial charge is 0.417 e. The van der Waals surface area contributed by atoms with Gasteiger partial charge in [-0.05, 0) is 44.0 Å². The fourth-order valence-corrected chi connectivity index (χ4v) is 5.26. The van der Waals surface area contributed by atoms with Gasteiger partial charge in [0.2, 0.25) is 5.88 Å². The van der Waals surface area contributed by atoms with E-state index >= 15 is 0 Å². The molecular weight excluding hydrogens is 517 g/mol. The summed E-state index contributed by atoms with van der Waals surface area (Å²) in [5.41, 5.74) is 0.407. The Hall–Kier alpha value is -3.32. The van der Waals surface area contributed by atoms with Gasteiger partial charge in [-0.25, -0.2) is 13.4 Å². The second-order valence-electron chi connectivity index (χ2n) is 8.44. The molecule has 0 amide bonds. The molecule has 0 radical (unpaired) electrons. The Morgan fingerprint density at radius 3 is 2.65 bits per heavy atom. The molecule has 9 nitrogen and oxygen atoms in total. The largest absolute Gasteiger partial charge is 0.486 e. The molecule has 1 aliphatic heterocycles. The quantitative estimate of drug-likeness (QED) is 0.474.